The lowest BCUT2D eigenvalue weighted by Gasteiger charge is -1.70. The SMILES string of the molecule is CC=CC.OCCO. The molecule has 2 N–H and O–H groups in total. The van der Waals surface area contributed by atoms with E-state index in [1.807, 2.05) is 26.0 Å². The normalized spacial score (nSPS) is 8.50. The van der Waals surface area contributed by atoms with Gasteiger partial charge < -0.3 is 10.2 Å². The first-order chi connectivity index (χ1) is 3.83. The van der Waals surface area contributed by atoms with Gasteiger partial charge in [0.1, 0.15) is 0 Å². The van der Waals surface area contributed by atoms with Crippen molar-refractivity contribution in [3.8, 4) is 0 Å². The first-order valence-corrected chi connectivity index (χ1v) is 2.62. The van der Waals surface area contributed by atoms with Crippen LogP contribution in [-0.2, 0) is 0 Å². The Balaban J connectivity index is 0. The van der Waals surface area contributed by atoms with Crippen LogP contribution < -0.4 is 0 Å². The van der Waals surface area contributed by atoms with Gasteiger partial charge in [0.05, 0.1) is 13.2 Å². The molecule has 0 aliphatic rings. The van der Waals surface area contributed by atoms with Crippen molar-refractivity contribution in [3.05, 3.63) is 12.2 Å². The number of hydrogen-bond donors (Lipinski definition) is 2. The van der Waals surface area contributed by atoms with Crippen LogP contribution in [0.15, 0.2) is 12.2 Å². The number of aliphatic hydroxyl groups is 2. The van der Waals surface area contributed by atoms with Gasteiger partial charge in [-0.25, -0.2) is 0 Å². The van der Waals surface area contributed by atoms with Crippen LogP contribution in [-0.4, -0.2) is 23.4 Å². The molecule has 0 rings (SSSR count). The Labute approximate surface area is 50.5 Å². The van der Waals surface area contributed by atoms with Gasteiger partial charge in [0.15, 0.2) is 0 Å². The predicted molar refractivity (Wildman–Crippen MR) is 34.7 cm³/mol. The summed E-state index contributed by atoms with van der Waals surface area (Å²) < 4.78 is 0. The zero-order valence-electron chi connectivity index (χ0n) is 5.46. The lowest BCUT2D eigenvalue weighted by molar-refractivity contribution is 0.186. The monoisotopic (exact) mass is 118 g/mol. The molecule has 0 saturated heterocycles. The summed E-state index contributed by atoms with van der Waals surface area (Å²) in [6, 6.07) is 0. The molecular weight excluding hydrogens is 104 g/mol. The first kappa shape index (κ1) is 10.6. The van der Waals surface area contributed by atoms with Crippen molar-refractivity contribution in [2.75, 3.05) is 13.2 Å². The molecule has 0 spiro atoms. The van der Waals surface area contributed by atoms with Gasteiger partial charge in [-0.15, -0.1) is 0 Å². The van der Waals surface area contributed by atoms with Gasteiger partial charge in [-0.1, -0.05) is 12.2 Å². The van der Waals surface area contributed by atoms with Crippen molar-refractivity contribution in [1.82, 2.24) is 0 Å². The van der Waals surface area contributed by atoms with Gasteiger partial charge in [0.2, 0.25) is 0 Å². The van der Waals surface area contributed by atoms with E-state index in [1.54, 1.807) is 0 Å². The fourth-order valence-corrected chi connectivity index (χ4v) is 0. The molecule has 0 heterocycles. The molecule has 0 aromatic heterocycles. The van der Waals surface area contributed by atoms with E-state index in [0.717, 1.165) is 0 Å². The summed E-state index contributed by atoms with van der Waals surface area (Å²) in [4.78, 5) is 0. The summed E-state index contributed by atoms with van der Waals surface area (Å²) in [7, 11) is 0. The molecule has 0 radical (unpaired) electrons. The third kappa shape index (κ3) is 44.6. The molecule has 8 heavy (non-hydrogen) atoms. The van der Waals surface area contributed by atoms with Crippen LogP contribution in [0.1, 0.15) is 13.8 Å². The second-order valence-electron chi connectivity index (χ2n) is 1.11. The zero-order valence-corrected chi connectivity index (χ0v) is 5.46. The van der Waals surface area contributed by atoms with E-state index < -0.39 is 0 Å². The van der Waals surface area contributed by atoms with Crippen molar-refractivity contribution >= 4 is 0 Å². The van der Waals surface area contributed by atoms with Gasteiger partial charge in [-0.2, -0.15) is 0 Å². The van der Waals surface area contributed by atoms with E-state index >= 15 is 0 Å². The Morgan fingerprint density at radius 2 is 1.25 bits per heavy atom. The molecule has 0 atom stereocenters. The van der Waals surface area contributed by atoms with Crippen molar-refractivity contribution < 1.29 is 10.2 Å². The van der Waals surface area contributed by atoms with Crippen LogP contribution in [0.5, 0.6) is 0 Å². The smallest absolute Gasteiger partial charge is 0.0662 e. The van der Waals surface area contributed by atoms with Crippen molar-refractivity contribution in [2.45, 2.75) is 13.8 Å². The second-order valence-corrected chi connectivity index (χ2v) is 1.11. The van der Waals surface area contributed by atoms with Crippen LogP contribution in [0.2, 0.25) is 0 Å². The van der Waals surface area contributed by atoms with Gasteiger partial charge in [0, 0.05) is 0 Å². The topological polar surface area (TPSA) is 40.5 Å². The first-order valence-electron chi connectivity index (χ1n) is 2.62. The van der Waals surface area contributed by atoms with Crippen molar-refractivity contribution in [3.63, 3.8) is 0 Å². The average molecular weight is 118 g/mol. The fourth-order valence-electron chi connectivity index (χ4n) is 0. The molecule has 0 bridgehead atoms. The third-order valence-corrected chi connectivity index (χ3v) is 0.433. The van der Waals surface area contributed by atoms with Gasteiger partial charge >= 0.3 is 0 Å². The molecule has 2 nitrogen and oxygen atoms in total. The standard InChI is InChI=1S/C4H8.C2H6O2/c1-3-4-2;3-1-2-4/h3-4H,1-2H3;3-4H,1-2H2. The Morgan fingerprint density at radius 3 is 1.25 bits per heavy atom. The molecule has 0 saturated carbocycles. The van der Waals surface area contributed by atoms with E-state index in [0.29, 0.717) is 0 Å². The highest BCUT2D eigenvalue weighted by Crippen LogP contribution is 1.57. The van der Waals surface area contributed by atoms with E-state index in [1.165, 1.54) is 0 Å². The van der Waals surface area contributed by atoms with Gasteiger partial charge in [0.25, 0.3) is 0 Å². The number of hydrogen-bond acceptors (Lipinski definition) is 2. The Bertz CT molecular complexity index is 35.8. The minimum Gasteiger partial charge on any atom is -0.394 e. The van der Waals surface area contributed by atoms with E-state index in [4.69, 9.17) is 10.2 Å². The minimum atomic E-state index is -0.125. The van der Waals surface area contributed by atoms with E-state index in [2.05, 4.69) is 0 Å². The number of allylic oxidation sites excluding steroid dienone is 2. The molecule has 0 amide bonds. The molecular formula is C6H14O2. The summed E-state index contributed by atoms with van der Waals surface area (Å²) in [6.07, 6.45) is 4.00. The van der Waals surface area contributed by atoms with Crippen LogP contribution >= 0.6 is 0 Å². The van der Waals surface area contributed by atoms with Gasteiger partial charge in [-0.05, 0) is 13.8 Å². The second kappa shape index (κ2) is 15.9. The van der Waals surface area contributed by atoms with E-state index in [-0.39, 0.29) is 13.2 Å². The maximum atomic E-state index is 7.62. The predicted octanol–water partition coefficient (Wildman–Crippen LogP) is 0.553. The minimum absolute atomic E-state index is 0.125. The van der Waals surface area contributed by atoms with Crippen molar-refractivity contribution in [1.29, 1.82) is 0 Å². The largest absolute Gasteiger partial charge is 0.394 e. The van der Waals surface area contributed by atoms with Gasteiger partial charge in [-0.3, -0.25) is 0 Å². The quantitative estimate of drug-likeness (QED) is 0.494. The molecule has 0 aliphatic carbocycles. The van der Waals surface area contributed by atoms with Crippen LogP contribution in [0.4, 0.5) is 0 Å². The highest BCUT2D eigenvalue weighted by atomic mass is 16.3. The van der Waals surface area contributed by atoms with Crippen LogP contribution in [0.25, 0.3) is 0 Å². The maximum Gasteiger partial charge on any atom is 0.0662 e. The number of aliphatic hydroxyl groups excluding tert-OH is 2. The summed E-state index contributed by atoms with van der Waals surface area (Å²) in [5.41, 5.74) is 0. The lowest BCUT2D eigenvalue weighted by atomic mass is 10.6. The lowest BCUT2D eigenvalue weighted by Crippen LogP contribution is -1.85. The van der Waals surface area contributed by atoms with Crippen LogP contribution in [0.3, 0.4) is 0 Å². The highest BCUT2D eigenvalue weighted by molar-refractivity contribution is 4.68. The zero-order chi connectivity index (χ0) is 6.83. The summed E-state index contributed by atoms with van der Waals surface area (Å²) >= 11 is 0. The molecule has 0 unspecified atom stereocenters. The molecule has 2 heteroatoms. The highest BCUT2D eigenvalue weighted by Gasteiger charge is 1.58. The Kier molecular flexibility index (Phi) is 21.1. The molecule has 0 fully saturated rings. The Hall–Kier alpha value is -0.340. The number of rotatable bonds is 1. The molecule has 0 aliphatic heterocycles. The molecule has 0 aromatic rings. The molecule has 0 aromatic carbocycles. The summed E-state index contributed by atoms with van der Waals surface area (Å²) in [5.74, 6) is 0. The Morgan fingerprint density at radius 1 is 1.00 bits per heavy atom. The molecule has 50 valence electrons. The third-order valence-electron chi connectivity index (χ3n) is 0.433. The van der Waals surface area contributed by atoms with E-state index in [9.17, 15) is 0 Å². The fraction of sp³-hybridized carbons (Fsp3) is 0.667. The summed E-state index contributed by atoms with van der Waals surface area (Å²) in [6.45, 7) is 3.75. The van der Waals surface area contributed by atoms with Crippen LogP contribution in [0, 0.1) is 0 Å². The average Bonchev–Trinajstić information content (AvgIpc) is 1.88. The summed E-state index contributed by atoms with van der Waals surface area (Å²) in [5, 5.41) is 15.2. The van der Waals surface area contributed by atoms with Crippen molar-refractivity contribution in [2.24, 2.45) is 0 Å². The maximum absolute atomic E-state index is 7.62.